The molecule has 0 aliphatic heterocycles. The number of nitrogens with zero attached hydrogens (tertiary/aromatic N) is 2. The van der Waals surface area contributed by atoms with Crippen LogP contribution in [0.1, 0.15) is 31.5 Å². The van der Waals surface area contributed by atoms with Crippen molar-refractivity contribution in [2.75, 3.05) is 5.88 Å². The van der Waals surface area contributed by atoms with Crippen molar-refractivity contribution in [2.24, 2.45) is 11.3 Å². The van der Waals surface area contributed by atoms with E-state index in [0.717, 1.165) is 35.2 Å². The van der Waals surface area contributed by atoms with Gasteiger partial charge in [0.15, 0.2) is 0 Å². The van der Waals surface area contributed by atoms with Gasteiger partial charge in [-0.2, -0.15) is 0 Å². The van der Waals surface area contributed by atoms with Crippen LogP contribution in [0, 0.1) is 11.3 Å². The minimum Gasteiger partial charge on any atom is -0.327 e. The molecule has 0 radical (unpaired) electrons. The Balaban J connectivity index is 1.78. The predicted octanol–water partition coefficient (Wildman–Crippen LogP) is 4.66. The summed E-state index contributed by atoms with van der Waals surface area (Å²) >= 11 is 12.1. The van der Waals surface area contributed by atoms with Crippen molar-refractivity contribution in [1.82, 2.24) is 9.55 Å². The summed E-state index contributed by atoms with van der Waals surface area (Å²) in [4.78, 5) is 4.76. The first-order chi connectivity index (χ1) is 9.72. The number of hydrogen-bond donors (Lipinski definition) is 0. The predicted molar refractivity (Wildman–Crippen MR) is 83.6 cm³/mol. The quantitative estimate of drug-likeness (QED) is 0.734. The summed E-state index contributed by atoms with van der Waals surface area (Å²) in [6.45, 7) is 1.10. The second-order valence-corrected chi connectivity index (χ2v) is 7.14. The number of benzene rings is 1. The number of fused-ring (bicyclic) bond motifs is 1. The molecule has 0 bridgehead atoms. The smallest absolute Gasteiger partial charge is 0.111 e. The molecule has 0 amide bonds. The maximum Gasteiger partial charge on any atom is 0.111 e. The number of alkyl halides is 1. The van der Waals surface area contributed by atoms with E-state index < -0.39 is 0 Å². The van der Waals surface area contributed by atoms with E-state index in [1.54, 1.807) is 0 Å². The monoisotopic (exact) mass is 308 g/mol. The number of aryl methyl sites for hydroxylation is 1. The Hall–Kier alpha value is -0.730. The number of imidazole rings is 1. The number of hydrogen-bond acceptors (Lipinski definition) is 1. The summed E-state index contributed by atoms with van der Waals surface area (Å²) in [5.74, 6) is 2.68. The van der Waals surface area contributed by atoms with Gasteiger partial charge in [0.25, 0.3) is 0 Å². The lowest BCUT2D eigenvalue weighted by atomic mass is 10.0. The van der Waals surface area contributed by atoms with E-state index >= 15 is 0 Å². The molecule has 2 fully saturated rings. The van der Waals surface area contributed by atoms with Crippen molar-refractivity contribution in [3.63, 3.8) is 0 Å². The van der Waals surface area contributed by atoms with E-state index in [9.17, 15) is 0 Å². The van der Waals surface area contributed by atoms with E-state index in [2.05, 4.69) is 4.57 Å². The summed E-state index contributed by atoms with van der Waals surface area (Å²) in [7, 11) is 0. The fraction of sp³-hybridized carbons (Fsp3) is 0.562. The molecule has 2 aliphatic carbocycles. The van der Waals surface area contributed by atoms with Crippen LogP contribution in [0.2, 0.25) is 5.02 Å². The number of halogens is 2. The Morgan fingerprint density at radius 1 is 1.30 bits per heavy atom. The fourth-order valence-electron chi connectivity index (χ4n) is 3.46. The van der Waals surface area contributed by atoms with E-state index in [0.29, 0.717) is 11.3 Å². The molecule has 2 nitrogen and oxygen atoms in total. The summed E-state index contributed by atoms with van der Waals surface area (Å²) in [6, 6.07) is 5.98. The molecule has 1 aromatic heterocycles. The lowest BCUT2D eigenvalue weighted by Gasteiger charge is -2.17. The highest BCUT2D eigenvalue weighted by molar-refractivity contribution is 6.31. The molecule has 4 rings (SSSR count). The Morgan fingerprint density at radius 2 is 2.10 bits per heavy atom. The Bertz CT molecular complexity index is 654. The van der Waals surface area contributed by atoms with Crippen molar-refractivity contribution in [3.8, 4) is 0 Å². The van der Waals surface area contributed by atoms with E-state index in [1.165, 1.54) is 31.2 Å². The van der Waals surface area contributed by atoms with E-state index in [4.69, 9.17) is 28.2 Å². The van der Waals surface area contributed by atoms with Gasteiger partial charge in [-0.3, -0.25) is 0 Å². The number of rotatable bonds is 5. The zero-order valence-corrected chi connectivity index (χ0v) is 12.9. The Kier molecular flexibility index (Phi) is 3.01. The van der Waals surface area contributed by atoms with Crippen molar-refractivity contribution in [1.29, 1.82) is 0 Å². The lowest BCUT2D eigenvalue weighted by Crippen LogP contribution is -2.16. The third kappa shape index (κ3) is 2.14. The van der Waals surface area contributed by atoms with Gasteiger partial charge in [-0.15, -0.1) is 11.6 Å². The average Bonchev–Trinajstić information content (AvgIpc) is 3.31. The third-order valence-corrected chi connectivity index (χ3v) is 5.34. The standard InChI is InChI=1S/C16H18Cl2N2/c17-8-5-15-19-13-4-3-12(18)9-14(13)20(15)10-16(6-7-16)11-1-2-11/h3-4,9,11H,1-2,5-8,10H2. The summed E-state index contributed by atoms with van der Waals surface area (Å²) in [5, 5.41) is 0.785. The van der Waals surface area contributed by atoms with Crippen LogP contribution in [0.3, 0.4) is 0 Å². The summed E-state index contributed by atoms with van der Waals surface area (Å²) in [5.41, 5.74) is 2.77. The van der Waals surface area contributed by atoms with E-state index in [1.807, 2.05) is 18.2 Å². The average molecular weight is 309 g/mol. The molecule has 0 unspecified atom stereocenters. The minimum absolute atomic E-state index is 0.553. The van der Waals surface area contributed by atoms with Crippen molar-refractivity contribution < 1.29 is 0 Å². The second-order valence-electron chi connectivity index (χ2n) is 6.32. The third-order valence-electron chi connectivity index (χ3n) is 4.92. The topological polar surface area (TPSA) is 17.8 Å². The van der Waals surface area contributed by atoms with Crippen molar-refractivity contribution in [2.45, 2.75) is 38.6 Å². The minimum atomic E-state index is 0.553. The highest BCUT2D eigenvalue weighted by Crippen LogP contribution is 2.62. The Labute approximate surface area is 129 Å². The van der Waals surface area contributed by atoms with Gasteiger partial charge in [-0.25, -0.2) is 4.98 Å². The molecule has 1 aromatic carbocycles. The molecular weight excluding hydrogens is 291 g/mol. The Morgan fingerprint density at radius 3 is 2.75 bits per heavy atom. The van der Waals surface area contributed by atoms with Crippen LogP contribution < -0.4 is 0 Å². The van der Waals surface area contributed by atoms with Crippen LogP contribution in [0.5, 0.6) is 0 Å². The molecule has 2 aromatic rings. The second kappa shape index (κ2) is 4.64. The molecular formula is C16H18Cl2N2. The first-order valence-electron chi connectivity index (χ1n) is 7.42. The van der Waals surface area contributed by atoms with E-state index in [-0.39, 0.29) is 0 Å². The highest BCUT2D eigenvalue weighted by atomic mass is 35.5. The first-order valence-corrected chi connectivity index (χ1v) is 8.34. The molecule has 106 valence electrons. The molecule has 4 heteroatoms. The van der Waals surface area contributed by atoms with Gasteiger partial charge >= 0.3 is 0 Å². The molecule has 20 heavy (non-hydrogen) atoms. The highest BCUT2D eigenvalue weighted by Gasteiger charge is 2.54. The molecule has 2 saturated carbocycles. The summed E-state index contributed by atoms with van der Waals surface area (Å²) in [6.07, 6.45) is 6.40. The molecule has 0 saturated heterocycles. The zero-order chi connectivity index (χ0) is 13.7. The molecule has 0 N–H and O–H groups in total. The van der Waals surface area contributed by atoms with Crippen LogP contribution in [0.25, 0.3) is 11.0 Å². The van der Waals surface area contributed by atoms with Gasteiger partial charge in [0.05, 0.1) is 11.0 Å². The fourth-order valence-corrected chi connectivity index (χ4v) is 3.80. The molecule has 0 atom stereocenters. The zero-order valence-electron chi connectivity index (χ0n) is 11.4. The van der Waals surface area contributed by atoms with Gasteiger partial charge in [-0.05, 0) is 55.2 Å². The van der Waals surface area contributed by atoms with Crippen LogP contribution in [0.15, 0.2) is 18.2 Å². The van der Waals surface area contributed by atoms with Crippen LogP contribution in [0.4, 0.5) is 0 Å². The van der Waals surface area contributed by atoms with Crippen LogP contribution in [-0.4, -0.2) is 15.4 Å². The maximum atomic E-state index is 6.17. The molecule has 1 heterocycles. The van der Waals surface area contributed by atoms with Gasteiger partial charge < -0.3 is 4.57 Å². The molecule has 2 aliphatic rings. The van der Waals surface area contributed by atoms with Crippen LogP contribution >= 0.6 is 23.2 Å². The lowest BCUT2D eigenvalue weighted by molar-refractivity contribution is 0.369. The SMILES string of the molecule is ClCCc1nc2ccc(Cl)cc2n1CC1(C2CC2)CC1. The first kappa shape index (κ1) is 13.0. The van der Waals surface area contributed by atoms with Crippen LogP contribution in [-0.2, 0) is 13.0 Å². The summed E-state index contributed by atoms with van der Waals surface area (Å²) < 4.78 is 2.38. The number of aromatic nitrogens is 2. The van der Waals surface area contributed by atoms with Gasteiger partial charge in [0.2, 0.25) is 0 Å². The van der Waals surface area contributed by atoms with Crippen molar-refractivity contribution >= 4 is 34.2 Å². The van der Waals surface area contributed by atoms with Gasteiger partial charge in [-0.1, -0.05) is 11.6 Å². The normalized spacial score (nSPS) is 20.5. The largest absolute Gasteiger partial charge is 0.327 e. The maximum absolute atomic E-state index is 6.17. The van der Waals surface area contributed by atoms with Gasteiger partial charge in [0.1, 0.15) is 5.82 Å². The molecule has 0 spiro atoms. The van der Waals surface area contributed by atoms with Crippen molar-refractivity contribution in [3.05, 3.63) is 29.0 Å². The van der Waals surface area contributed by atoms with Gasteiger partial charge in [0, 0.05) is 23.9 Å².